The van der Waals surface area contributed by atoms with E-state index in [0.717, 1.165) is 19.3 Å². The third-order valence-electron chi connectivity index (χ3n) is 2.77. The largest absolute Gasteiger partial charge is 0.385 e. The van der Waals surface area contributed by atoms with Crippen molar-refractivity contribution in [1.82, 2.24) is 5.32 Å². The van der Waals surface area contributed by atoms with Crippen LogP contribution < -0.4 is 5.32 Å². The summed E-state index contributed by atoms with van der Waals surface area (Å²) in [6.07, 6.45) is 2.72. The van der Waals surface area contributed by atoms with E-state index < -0.39 is 9.05 Å². The number of nitrogens with one attached hydrogen (secondary N) is 1. The van der Waals surface area contributed by atoms with Gasteiger partial charge in [0.1, 0.15) is 0 Å². The Labute approximate surface area is 137 Å². The molecule has 1 N–H and O–H groups in total. The molecule has 0 saturated carbocycles. The molecule has 0 fully saturated rings. The highest BCUT2D eigenvalue weighted by Gasteiger charge is 2.16. The Morgan fingerprint density at radius 3 is 2.67 bits per heavy atom. The number of ether oxygens (including phenoxy) is 1. The minimum Gasteiger partial charge on any atom is -0.385 e. The number of methoxy groups -OCH3 is 1. The standard InChI is InChI=1S/C13H17BrClNO4S/c1-20-8-4-2-3-7-16-13(17)11-9-10(21(15,18)19)5-6-12(11)14/h5-6,9H,2-4,7-8H2,1H3,(H,16,17). The monoisotopic (exact) mass is 397 g/mol. The number of carbonyl (C=O) groups excluding carboxylic acids is 1. The lowest BCUT2D eigenvalue weighted by Gasteiger charge is -2.08. The summed E-state index contributed by atoms with van der Waals surface area (Å²) in [5.41, 5.74) is 0.244. The Morgan fingerprint density at radius 2 is 2.05 bits per heavy atom. The van der Waals surface area contributed by atoms with Gasteiger partial charge in [-0.15, -0.1) is 0 Å². The third kappa shape index (κ3) is 6.34. The molecular formula is C13H17BrClNO4S. The SMILES string of the molecule is COCCCCCNC(=O)c1cc(S(=O)(=O)Cl)ccc1Br. The average Bonchev–Trinajstić information content (AvgIpc) is 2.41. The fourth-order valence-electron chi connectivity index (χ4n) is 1.68. The van der Waals surface area contributed by atoms with E-state index in [9.17, 15) is 13.2 Å². The first kappa shape index (κ1) is 18.4. The minimum absolute atomic E-state index is 0.0994. The number of benzene rings is 1. The molecule has 0 saturated heterocycles. The summed E-state index contributed by atoms with van der Waals surface area (Å²) in [7, 11) is 3.07. The lowest BCUT2D eigenvalue weighted by Crippen LogP contribution is -2.25. The van der Waals surface area contributed by atoms with Crippen LogP contribution in [0.1, 0.15) is 29.6 Å². The molecule has 1 aromatic rings. The number of hydrogen-bond donors (Lipinski definition) is 1. The molecule has 0 atom stereocenters. The molecule has 0 aliphatic rings. The van der Waals surface area contributed by atoms with Gasteiger partial charge in [0.2, 0.25) is 0 Å². The summed E-state index contributed by atoms with van der Waals surface area (Å²) >= 11 is 3.23. The first-order valence-electron chi connectivity index (χ1n) is 6.37. The number of hydrogen-bond acceptors (Lipinski definition) is 4. The van der Waals surface area contributed by atoms with Gasteiger partial charge < -0.3 is 10.1 Å². The number of unbranched alkanes of at least 4 members (excludes halogenated alkanes) is 2. The van der Waals surface area contributed by atoms with Crippen LogP contribution in [0, 0.1) is 0 Å². The van der Waals surface area contributed by atoms with Gasteiger partial charge in [-0.25, -0.2) is 8.42 Å². The second kappa shape index (κ2) is 8.73. The van der Waals surface area contributed by atoms with Gasteiger partial charge >= 0.3 is 0 Å². The molecule has 0 bridgehead atoms. The van der Waals surface area contributed by atoms with Crippen LogP contribution in [0.25, 0.3) is 0 Å². The van der Waals surface area contributed by atoms with Gasteiger partial charge in [-0.05, 0) is 53.4 Å². The van der Waals surface area contributed by atoms with Gasteiger partial charge in [-0.2, -0.15) is 0 Å². The quantitative estimate of drug-likeness (QED) is 0.540. The summed E-state index contributed by atoms with van der Waals surface area (Å²) in [5.74, 6) is -0.337. The van der Waals surface area contributed by atoms with Gasteiger partial charge in [0.05, 0.1) is 10.5 Å². The Kier molecular flexibility index (Phi) is 7.65. The van der Waals surface area contributed by atoms with Crippen LogP contribution in [0.15, 0.2) is 27.6 Å². The van der Waals surface area contributed by atoms with Crippen LogP contribution >= 0.6 is 26.6 Å². The molecular weight excluding hydrogens is 382 g/mol. The van der Waals surface area contributed by atoms with Crippen LogP contribution in [0.5, 0.6) is 0 Å². The molecule has 8 heteroatoms. The van der Waals surface area contributed by atoms with Gasteiger partial charge in [-0.1, -0.05) is 0 Å². The molecule has 0 spiro atoms. The van der Waals surface area contributed by atoms with Gasteiger partial charge in [-0.3, -0.25) is 4.79 Å². The summed E-state index contributed by atoms with van der Waals surface area (Å²) < 4.78 is 28.0. The van der Waals surface area contributed by atoms with Crippen molar-refractivity contribution >= 4 is 41.6 Å². The second-order valence-corrected chi connectivity index (χ2v) is 7.81. The zero-order chi connectivity index (χ0) is 15.9. The Balaban J connectivity index is 2.62. The molecule has 0 aliphatic carbocycles. The molecule has 0 unspecified atom stereocenters. The second-order valence-electron chi connectivity index (χ2n) is 4.39. The van der Waals surface area contributed by atoms with E-state index in [2.05, 4.69) is 21.2 Å². The van der Waals surface area contributed by atoms with Crippen molar-refractivity contribution in [3.63, 3.8) is 0 Å². The highest BCUT2D eigenvalue weighted by atomic mass is 79.9. The fourth-order valence-corrected chi connectivity index (χ4v) is 2.88. The van der Waals surface area contributed by atoms with Crippen molar-refractivity contribution in [2.24, 2.45) is 0 Å². The van der Waals surface area contributed by atoms with Gasteiger partial charge in [0, 0.05) is 35.4 Å². The first-order chi connectivity index (χ1) is 9.86. The smallest absolute Gasteiger partial charge is 0.261 e. The number of halogens is 2. The average molecular weight is 399 g/mol. The maximum atomic E-state index is 12.0. The molecule has 1 aromatic carbocycles. The van der Waals surface area contributed by atoms with E-state index in [0.29, 0.717) is 17.6 Å². The van der Waals surface area contributed by atoms with Crippen LogP contribution in [-0.4, -0.2) is 34.6 Å². The summed E-state index contributed by atoms with van der Waals surface area (Å²) in [6.45, 7) is 1.22. The van der Waals surface area contributed by atoms with Crippen LogP contribution in [0.3, 0.4) is 0 Å². The Bertz CT molecular complexity index is 592. The lowest BCUT2D eigenvalue weighted by atomic mass is 10.2. The topological polar surface area (TPSA) is 72.5 Å². The van der Waals surface area contributed by atoms with E-state index in [1.165, 1.54) is 18.2 Å². The molecule has 0 heterocycles. The zero-order valence-electron chi connectivity index (χ0n) is 11.6. The predicted molar refractivity (Wildman–Crippen MR) is 85.2 cm³/mol. The maximum absolute atomic E-state index is 12.0. The molecule has 5 nitrogen and oxygen atoms in total. The van der Waals surface area contributed by atoms with Crippen LogP contribution in [0.4, 0.5) is 0 Å². The van der Waals surface area contributed by atoms with Crippen molar-refractivity contribution in [2.45, 2.75) is 24.2 Å². The van der Waals surface area contributed by atoms with E-state index in [4.69, 9.17) is 15.4 Å². The fraction of sp³-hybridized carbons (Fsp3) is 0.462. The molecule has 1 amide bonds. The van der Waals surface area contributed by atoms with Crippen molar-refractivity contribution in [3.8, 4) is 0 Å². The molecule has 0 radical (unpaired) electrons. The number of amides is 1. The summed E-state index contributed by atoms with van der Waals surface area (Å²) in [5, 5.41) is 2.75. The van der Waals surface area contributed by atoms with Crippen molar-refractivity contribution in [2.75, 3.05) is 20.3 Å². The first-order valence-corrected chi connectivity index (χ1v) is 9.48. The van der Waals surface area contributed by atoms with Crippen LogP contribution in [0.2, 0.25) is 0 Å². The van der Waals surface area contributed by atoms with E-state index in [1.54, 1.807) is 7.11 Å². The van der Waals surface area contributed by atoms with Gasteiger partial charge in [0.25, 0.3) is 15.0 Å². The summed E-state index contributed by atoms with van der Waals surface area (Å²) in [6, 6.07) is 4.09. The normalized spacial score (nSPS) is 11.4. The molecule has 0 aliphatic heterocycles. The van der Waals surface area contributed by atoms with Crippen molar-refractivity contribution < 1.29 is 17.9 Å². The maximum Gasteiger partial charge on any atom is 0.261 e. The molecule has 1 rings (SSSR count). The predicted octanol–water partition coefficient (Wildman–Crippen LogP) is 2.92. The number of rotatable bonds is 8. The molecule has 0 aromatic heterocycles. The van der Waals surface area contributed by atoms with Crippen LogP contribution in [-0.2, 0) is 13.8 Å². The van der Waals surface area contributed by atoms with Gasteiger partial charge in [0.15, 0.2) is 0 Å². The molecule has 21 heavy (non-hydrogen) atoms. The Hall–Kier alpha value is -0.630. The van der Waals surface area contributed by atoms with E-state index in [-0.39, 0.29) is 16.4 Å². The van der Waals surface area contributed by atoms with Crippen molar-refractivity contribution in [3.05, 3.63) is 28.2 Å². The third-order valence-corrected chi connectivity index (χ3v) is 4.82. The lowest BCUT2D eigenvalue weighted by molar-refractivity contribution is 0.0951. The highest BCUT2D eigenvalue weighted by molar-refractivity contribution is 9.10. The van der Waals surface area contributed by atoms with Crippen molar-refractivity contribution in [1.29, 1.82) is 0 Å². The van der Waals surface area contributed by atoms with E-state index >= 15 is 0 Å². The minimum atomic E-state index is -3.85. The van der Waals surface area contributed by atoms with E-state index in [1.807, 2.05) is 0 Å². The summed E-state index contributed by atoms with van der Waals surface area (Å²) in [4.78, 5) is 11.9. The number of carbonyl (C=O) groups is 1. The zero-order valence-corrected chi connectivity index (χ0v) is 14.7. The Morgan fingerprint density at radius 1 is 1.33 bits per heavy atom. The molecule has 118 valence electrons. The highest BCUT2D eigenvalue weighted by Crippen LogP contribution is 2.23.